The molecule has 2 nitrogen and oxygen atoms in total. The normalized spacial score (nSPS) is 11.4. The molecule has 0 N–H and O–H groups in total. The number of ether oxygens (including phenoxy) is 1. The molecule has 0 saturated heterocycles. The van der Waals surface area contributed by atoms with Crippen molar-refractivity contribution in [1.82, 2.24) is 0 Å². The van der Waals surface area contributed by atoms with Crippen LogP contribution in [0, 0.1) is 0 Å². The molecule has 0 aromatic rings. The number of allylic oxidation sites excluding steroid dienone is 2. The van der Waals surface area contributed by atoms with E-state index in [9.17, 15) is 4.79 Å². The van der Waals surface area contributed by atoms with E-state index in [1.54, 1.807) is 12.2 Å². The molecule has 0 bridgehead atoms. The summed E-state index contributed by atoms with van der Waals surface area (Å²) in [4.78, 5) is 10.3. The second kappa shape index (κ2) is 10.2. The summed E-state index contributed by atoms with van der Waals surface area (Å²) in [6, 6.07) is 0. The lowest BCUT2D eigenvalue weighted by molar-refractivity contribution is -0.104. The molecule has 0 atom stereocenters. The molecule has 80 valence electrons. The zero-order valence-electron chi connectivity index (χ0n) is 9.00. The second-order valence-electron chi connectivity index (χ2n) is 3.21. The SMILES string of the molecule is C=CCC(=CC=O)COCCCCC. The molecule has 0 aliphatic rings. The highest BCUT2D eigenvalue weighted by Crippen LogP contribution is 2.03. The molecule has 0 aromatic carbocycles. The Labute approximate surface area is 86.6 Å². The number of rotatable bonds is 9. The molecule has 0 aliphatic heterocycles. The molecule has 0 fully saturated rings. The van der Waals surface area contributed by atoms with Gasteiger partial charge in [0.15, 0.2) is 0 Å². The van der Waals surface area contributed by atoms with Crippen LogP contribution in [-0.2, 0) is 9.53 Å². The third-order valence-corrected chi connectivity index (χ3v) is 1.89. The molecule has 0 unspecified atom stereocenters. The molecule has 0 radical (unpaired) electrons. The van der Waals surface area contributed by atoms with Crippen LogP contribution in [0.2, 0.25) is 0 Å². The van der Waals surface area contributed by atoms with E-state index in [1.807, 2.05) is 0 Å². The zero-order chi connectivity index (χ0) is 10.6. The lowest BCUT2D eigenvalue weighted by atomic mass is 10.2. The minimum atomic E-state index is 0.550. The maximum atomic E-state index is 10.3. The Morgan fingerprint density at radius 3 is 2.79 bits per heavy atom. The van der Waals surface area contributed by atoms with Crippen LogP contribution in [0.3, 0.4) is 0 Å². The van der Waals surface area contributed by atoms with Gasteiger partial charge in [-0.3, -0.25) is 4.79 Å². The number of unbranched alkanes of at least 4 members (excludes halogenated alkanes) is 2. The summed E-state index contributed by atoms with van der Waals surface area (Å²) in [6.45, 7) is 7.12. The third kappa shape index (κ3) is 7.74. The predicted octanol–water partition coefficient (Wildman–Crippen LogP) is 2.89. The molecule has 0 spiro atoms. The van der Waals surface area contributed by atoms with Gasteiger partial charge in [0, 0.05) is 6.61 Å². The van der Waals surface area contributed by atoms with E-state index in [4.69, 9.17) is 4.74 Å². The fourth-order valence-corrected chi connectivity index (χ4v) is 1.11. The molecule has 0 saturated carbocycles. The first-order chi connectivity index (χ1) is 6.85. The van der Waals surface area contributed by atoms with Gasteiger partial charge in [-0.1, -0.05) is 25.8 Å². The van der Waals surface area contributed by atoms with Crippen LogP contribution in [-0.4, -0.2) is 19.5 Å². The minimum absolute atomic E-state index is 0.550. The maximum absolute atomic E-state index is 10.3. The first-order valence-corrected chi connectivity index (χ1v) is 5.17. The van der Waals surface area contributed by atoms with E-state index >= 15 is 0 Å². The molecular weight excluding hydrogens is 176 g/mol. The van der Waals surface area contributed by atoms with Gasteiger partial charge in [0.1, 0.15) is 6.29 Å². The molecule has 2 heteroatoms. The zero-order valence-corrected chi connectivity index (χ0v) is 9.00. The second-order valence-corrected chi connectivity index (χ2v) is 3.21. The first-order valence-electron chi connectivity index (χ1n) is 5.17. The van der Waals surface area contributed by atoms with Gasteiger partial charge in [-0.15, -0.1) is 6.58 Å². The summed E-state index contributed by atoms with van der Waals surface area (Å²) in [5.41, 5.74) is 0.992. The van der Waals surface area contributed by atoms with Crippen molar-refractivity contribution in [3.8, 4) is 0 Å². The van der Waals surface area contributed by atoms with E-state index in [0.29, 0.717) is 6.61 Å². The van der Waals surface area contributed by atoms with Gasteiger partial charge < -0.3 is 4.74 Å². The maximum Gasteiger partial charge on any atom is 0.142 e. The molecule has 14 heavy (non-hydrogen) atoms. The van der Waals surface area contributed by atoms with Crippen LogP contribution < -0.4 is 0 Å². The summed E-state index contributed by atoms with van der Waals surface area (Å²) in [5, 5.41) is 0. The average molecular weight is 196 g/mol. The van der Waals surface area contributed by atoms with Crippen molar-refractivity contribution in [1.29, 1.82) is 0 Å². The Hall–Kier alpha value is -0.890. The third-order valence-electron chi connectivity index (χ3n) is 1.89. The molecule has 0 aliphatic carbocycles. The minimum Gasteiger partial charge on any atom is -0.377 e. The smallest absolute Gasteiger partial charge is 0.142 e. The van der Waals surface area contributed by atoms with Gasteiger partial charge in [0.2, 0.25) is 0 Å². The topological polar surface area (TPSA) is 26.3 Å². The monoisotopic (exact) mass is 196 g/mol. The van der Waals surface area contributed by atoms with Crippen LogP contribution in [0.4, 0.5) is 0 Å². The molecule has 0 aromatic heterocycles. The highest BCUT2D eigenvalue weighted by atomic mass is 16.5. The van der Waals surface area contributed by atoms with E-state index in [1.165, 1.54) is 12.8 Å². The lowest BCUT2D eigenvalue weighted by Crippen LogP contribution is -2.00. The van der Waals surface area contributed by atoms with Gasteiger partial charge in [-0.05, 0) is 24.5 Å². The average Bonchev–Trinajstić information content (AvgIpc) is 2.18. The highest BCUT2D eigenvalue weighted by Gasteiger charge is 1.95. The number of carbonyl (C=O) groups excluding carboxylic acids is 1. The van der Waals surface area contributed by atoms with Crippen molar-refractivity contribution >= 4 is 6.29 Å². The standard InChI is InChI=1S/C12H20O2/c1-3-5-6-10-14-11-12(7-4-2)8-9-13/h4,8-9H,2-3,5-7,10-11H2,1H3. The van der Waals surface area contributed by atoms with Crippen LogP contribution in [0.25, 0.3) is 0 Å². The Morgan fingerprint density at radius 2 is 2.21 bits per heavy atom. The number of hydrogen-bond acceptors (Lipinski definition) is 2. The van der Waals surface area contributed by atoms with Crippen LogP contribution in [0.15, 0.2) is 24.3 Å². The highest BCUT2D eigenvalue weighted by molar-refractivity contribution is 5.66. The first kappa shape index (κ1) is 13.1. The number of carbonyl (C=O) groups is 1. The Balaban J connectivity index is 3.55. The summed E-state index contributed by atoms with van der Waals surface area (Å²) in [7, 11) is 0. The quantitative estimate of drug-likeness (QED) is 0.245. The lowest BCUT2D eigenvalue weighted by Gasteiger charge is -2.05. The van der Waals surface area contributed by atoms with Crippen molar-refractivity contribution in [2.45, 2.75) is 32.6 Å². The van der Waals surface area contributed by atoms with Gasteiger partial charge >= 0.3 is 0 Å². The van der Waals surface area contributed by atoms with Gasteiger partial charge in [0.05, 0.1) is 6.61 Å². The van der Waals surface area contributed by atoms with Crippen molar-refractivity contribution in [2.24, 2.45) is 0 Å². The Bertz CT molecular complexity index is 183. The predicted molar refractivity (Wildman–Crippen MR) is 59.3 cm³/mol. The Morgan fingerprint density at radius 1 is 1.43 bits per heavy atom. The van der Waals surface area contributed by atoms with Crippen molar-refractivity contribution in [3.05, 3.63) is 24.3 Å². The van der Waals surface area contributed by atoms with Crippen LogP contribution >= 0.6 is 0 Å². The fraction of sp³-hybridized carbons (Fsp3) is 0.583. The largest absolute Gasteiger partial charge is 0.377 e. The summed E-state index contributed by atoms with van der Waals surface area (Å²) in [6.07, 6.45) is 8.37. The Kier molecular flexibility index (Phi) is 9.54. The van der Waals surface area contributed by atoms with Crippen LogP contribution in [0.1, 0.15) is 32.6 Å². The van der Waals surface area contributed by atoms with Gasteiger partial charge in [0.25, 0.3) is 0 Å². The van der Waals surface area contributed by atoms with E-state index in [-0.39, 0.29) is 0 Å². The summed E-state index contributed by atoms with van der Waals surface area (Å²) < 4.78 is 5.43. The number of hydrogen-bond donors (Lipinski definition) is 0. The van der Waals surface area contributed by atoms with E-state index < -0.39 is 0 Å². The summed E-state index contributed by atoms with van der Waals surface area (Å²) >= 11 is 0. The van der Waals surface area contributed by atoms with Crippen molar-refractivity contribution in [2.75, 3.05) is 13.2 Å². The van der Waals surface area contributed by atoms with Crippen LogP contribution in [0.5, 0.6) is 0 Å². The molecule has 0 rings (SSSR count). The van der Waals surface area contributed by atoms with Crippen molar-refractivity contribution < 1.29 is 9.53 Å². The molecular formula is C12H20O2. The van der Waals surface area contributed by atoms with Crippen molar-refractivity contribution in [3.63, 3.8) is 0 Å². The number of aldehydes is 1. The molecule has 0 amide bonds. The van der Waals surface area contributed by atoms with E-state index in [0.717, 1.165) is 31.3 Å². The van der Waals surface area contributed by atoms with E-state index in [2.05, 4.69) is 13.5 Å². The molecule has 0 heterocycles. The summed E-state index contributed by atoms with van der Waals surface area (Å²) in [5.74, 6) is 0. The van der Waals surface area contributed by atoms with Gasteiger partial charge in [-0.25, -0.2) is 0 Å². The van der Waals surface area contributed by atoms with Gasteiger partial charge in [-0.2, -0.15) is 0 Å². The fourth-order valence-electron chi connectivity index (χ4n) is 1.11.